The van der Waals surface area contributed by atoms with Crippen molar-refractivity contribution in [3.05, 3.63) is 35.4 Å². The summed E-state index contributed by atoms with van der Waals surface area (Å²) >= 11 is 0. The van der Waals surface area contributed by atoms with Crippen LogP contribution in [0.25, 0.3) is 0 Å². The molecule has 1 aromatic rings. The maximum atomic E-state index is 15.2. The van der Waals surface area contributed by atoms with Gasteiger partial charge in [0.25, 0.3) is 0 Å². The van der Waals surface area contributed by atoms with Gasteiger partial charge < -0.3 is 9.64 Å². The number of nitrogens with zero attached hydrogens (tertiary/aromatic N) is 1. The fourth-order valence-corrected chi connectivity index (χ4v) is 3.37. The van der Waals surface area contributed by atoms with Gasteiger partial charge in [-0.15, -0.1) is 0 Å². The summed E-state index contributed by atoms with van der Waals surface area (Å²) in [5.41, 5.74) is -2.81. The Morgan fingerprint density at radius 3 is 2.62 bits per heavy atom. The van der Waals surface area contributed by atoms with E-state index in [-0.39, 0.29) is 36.9 Å². The molecule has 0 N–H and O–H groups in total. The van der Waals surface area contributed by atoms with Crippen LogP contribution in [0.3, 0.4) is 0 Å². The van der Waals surface area contributed by atoms with Crippen molar-refractivity contribution in [2.75, 3.05) is 26.3 Å². The second-order valence-electron chi connectivity index (χ2n) is 6.44. The summed E-state index contributed by atoms with van der Waals surface area (Å²) in [4.78, 5) is 13.9. The zero-order valence-electron chi connectivity index (χ0n) is 13.1. The Balaban J connectivity index is 1.74. The molecule has 0 aliphatic carbocycles. The Labute approximate surface area is 137 Å². The van der Waals surface area contributed by atoms with E-state index in [4.69, 9.17) is 4.74 Å². The Morgan fingerprint density at radius 2 is 1.96 bits per heavy atom. The summed E-state index contributed by atoms with van der Waals surface area (Å²) in [7, 11) is 0. The molecule has 2 saturated heterocycles. The average molecular weight is 345 g/mol. The van der Waals surface area contributed by atoms with E-state index < -0.39 is 17.4 Å². The van der Waals surface area contributed by atoms with E-state index in [1.54, 1.807) is 0 Å². The maximum Gasteiger partial charge on any atom is 0.416 e. The highest BCUT2D eigenvalue weighted by Crippen LogP contribution is 2.39. The van der Waals surface area contributed by atoms with E-state index in [1.807, 2.05) is 0 Å². The van der Waals surface area contributed by atoms with Crippen LogP contribution in [0.5, 0.6) is 0 Å². The SMILES string of the molecule is O=C(C1CCOCC1)N1CC[C@](F)(c2cccc(C(F)(F)F)c2)C1. The summed E-state index contributed by atoms with van der Waals surface area (Å²) < 4.78 is 58.9. The first-order valence-corrected chi connectivity index (χ1v) is 8.03. The standard InChI is InChI=1S/C17H19F4NO2/c18-16(13-2-1-3-14(10-13)17(19,20)21)6-7-22(11-16)15(23)12-4-8-24-9-5-12/h1-3,10,12H,4-9,11H2/t16-/m1/s1. The summed E-state index contributed by atoms with van der Waals surface area (Å²) in [5.74, 6) is -0.299. The highest BCUT2D eigenvalue weighted by Gasteiger charge is 2.44. The first-order chi connectivity index (χ1) is 11.3. The average Bonchev–Trinajstić information content (AvgIpc) is 2.98. The monoisotopic (exact) mass is 345 g/mol. The Kier molecular flexibility index (Phi) is 4.55. The molecule has 0 bridgehead atoms. The first-order valence-electron chi connectivity index (χ1n) is 8.03. The van der Waals surface area contributed by atoms with Crippen LogP contribution < -0.4 is 0 Å². The van der Waals surface area contributed by atoms with E-state index in [1.165, 1.54) is 17.0 Å². The molecule has 7 heteroatoms. The lowest BCUT2D eigenvalue weighted by Gasteiger charge is -2.27. The van der Waals surface area contributed by atoms with Crippen molar-refractivity contribution in [2.24, 2.45) is 5.92 Å². The fourth-order valence-electron chi connectivity index (χ4n) is 3.37. The van der Waals surface area contributed by atoms with Crippen LogP contribution in [-0.4, -0.2) is 37.1 Å². The van der Waals surface area contributed by atoms with Crippen LogP contribution in [-0.2, 0) is 21.4 Å². The molecular weight excluding hydrogens is 326 g/mol. The number of rotatable bonds is 2. The van der Waals surface area contributed by atoms with Gasteiger partial charge in [-0.05, 0) is 30.5 Å². The van der Waals surface area contributed by atoms with Gasteiger partial charge in [0, 0.05) is 32.1 Å². The number of likely N-dealkylation sites (tertiary alicyclic amines) is 1. The largest absolute Gasteiger partial charge is 0.416 e. The number of ether oxygens (including phenoxy) is 1. The number of carbonyl (C=O) groups is 1. The number of alkyl halides is 4. The first kappa shape index (κ1) is 17.2. The summed E-state index contributed by atoms with van der Waals surface area (Å²) in [6, 6.07) is 4.34. The van der Waals surface area contributed by atoms with Crippen molar-refractivity contribution in [1.82, 2.24) is 4.90 Å². The molecule has 2 aliphatic rings. The summed E-state index contributed by atoms with van der Waals surface area (Å²) in [6.07, 6.45) is -3.28. The lowest BCUT2D eigenvalue weighted by molar-refractivity contribution is -0.139. The fraction of sp³-hybridized carbons (Fsp3) is 0.588. The third kappa shape index (κ3) is 3.41. The van der Waals surface area contributed by atoms with Crippen LogP contribution in [0.4, 0.5) is 17.6 Å². The number of amides is 1. The predicted octanol–water partition coefficient (Wildman–Crippen LogP) is 3.53. The summed E-state index contributed by atoms with van der Waals surface area (Å²) in [5, 5.41) is 0. The topological polar surface area (TPSA) is 29.5 Å². The molecule has 0 spiro atoms. The quantitative estimate of drug-likeness (QED) is 0.768. The minimum absolute atomic E-state index is 0.0143. The van der Waals surface area contributed by atoms with Crippen LogP contribution in [0.2, 0.25) is 0 Å². The zero-order valence-corrected chi connectivity index (χ0v) is 13.1. The van der Waals surface area contributed by atoms with Gasteiger partial charge in [-0.1, -0.05) is 12.1 Å². The van der Waals surface area contributed by atoms with Crippen LogP contribution in [0.1, 0.15) is 30.4 Å². The van der Waals surface area contributed by atoms with Gasteiger partial charge in [0.05, 0.1) is 12.1 Å². The molecule has 2 heterocycles. The van der Waals surface area contributed by atoms with E-state index in [0.717, 1.165) is 12.1 Å². The summed E-state index contributed by atoms with van der Waals surface area (Å²) in [6.45, 7) is 1.06. The number of halogens is 4. The van der Waals surface area contributed by atoms with Gasteiger partial charge in [-0.25, -0.2) is 4.39 Å². The number of benzene rings is 1. The number of hydrogen-bond acceptors (Lipinski definition) is 2. The Hall–Kier alpha value is -1.63. The molecular formula is C17H19F4NO2. The highest BCUT2D eigenvalue weighted by atomic mass is 19.4. The Morgan fingerprint density at radius 1 is 1.25 bits per heavy atom. The van der Waals surface area contributed by atoms with Gasteiger partial charge in [0.2, 0.25) is 5.91 Å². The van der Waals surface area contributed by atoms with Crippen molar-refractivity contribution in [3.8, 4) is 0 Å². The van der Waals surface area contributed by atoms with Gasteiger partial charge >= 0.3 is 6.18 Å². The molecule has 0 radical (unpaired) electrons. The smallest absolute Gasteiger partial charge is 0.381 e. The molecule has 0 saturated carbocycles. The maximum absolute atomic E-state index is 15.2. The lowest BCUT2D eigenvalue weighted by Crippen LogP contribution is -2.38. The van der Waals surface area contributed by atoms with Crippen molar-refractivity contribution < 1.29 is 27.1 Å². The molecule has 2 aliphatic heterocycles. The molecule has 2 fully saturated rings. The minimum atomic E-state index is -4.51. The predicted molar refractivity (Wildman–Crippen MR) is 79.0 cm³/mol. The lowest BCUT2D eigenvalue weighted by atomic mass is 9.93. The van der Waals surface area contributed by atoms with Crippen LogP contribution in [0, 0.1) is 5.92 Å². The molecule has 1 amide bonds. The second-order valence-corrected chi connectivity index (χ2v) is 6.44. The molecule has 0 unspecified atom stereocenters. The zero-order chi connectivity index (χ0) is 17.4. The van der Waals surface area contributed by atoms with Crippen molar-refractivity contribution in [2.45, 2.75) is 31.1 Å². The minimum Gasteiger partial charge on any atom is -0.381 e. The molecule has 1 atom stereocenters. The van der Waals surface area contributed by atoms with E-state index in [2.05, 4.69) is 0 Å². The highest BCUT2D eigenvalue weighted by molar-refractivity contribution is 5.79. The molecule has 132 valence electrons. The van der Waals surface area contributed by atoms with Crippen molar-refractivity contribution in [1.29, 1.82) is 0 Å². The van der Waals surface area contributed by atoms with Crippen LogP contribution in [0.15, 0.2) is 24.3 Å². The second kappa shape index (κ2) is 6.35. The van der Waals surface area contributed by atoms with Gasteiger partial charge in [0.1, 0.15) is 0 Å². The van der Waals surface area contributed by atoms with Crippen LogP contribution >= 0.6 is 0 Å². The van der Waals surface area contributed by atoms with Crippen molar-refractivity contribution >= 4 is 5.91 Å². The van der Waals surface area contributed by atoms with Gasteiger partial charge in [-0.3, -0.25) is 4.79 Å². The van der Waals surface area contributed by atoms with E-state index >= 15 is 4.39 Å². The molecule has 1 aromatic carbocycles. The molecule has 0 aromatic heterocycles. The van der Waals surface area contributed by atoms with Gasteiger partial charge in [-0.2, -0.15) is 13.2 Å². The number of hydrogen-bond donors (Lipinski definition) is 0. The van der Waals surface area contributed by atoms with E-state index in [9.17, 15) is 18.0 Å². The number of carbonyl (C=O) groups excluding carboxylic acids is 1. The third-order valence-electron chi connectivity index (χ3n) is 4.81. The van der Waals surface area contributed by atoms with Crippen molar-refractivity contribution in [3.63, 3.8) is 0 Å². The Bertz CT molecular complexity index is 613. The third-order valence-corrected chi connectivity index (χ3v) is 4.81. The normalized spacial score (nSPS) is 25.9. The van der Waals surface area contributed by atoms with Gasteiger partial charge in [0.15, 0.2) is 5.67 Å². The molecule has 24 heavy (non-hydrogen) atoms. The molecule has 3 rings (SSSR count). The van der Waals surface area contributed by atoms with E-state index in [0.29, 0.717) is 26.1 Å². The molecule has 3 nitrogen and oxygen atoms in total.